The zero-order valence-electron chi connectivity index (χ0n) is 8.24. The maximum absolute atomic E-state index is 5.97. The van der Waals surface area contributed by atoms with Crippen molar-refractivity contribution in [3.05, 3.63) is 40.2 Å². The summed E-state index contributed by atoms with van der Waals surface area (Å²) < 4.78 is 3.03. The van der Waals surface area contributed by atoms with E-state index in [1.165, 1.54) is 0 Å². The number of hydrogen-bond acceptors (Lipinski definition) is 1. The van der Waals surface area contributed by atoms with Crippen molar-refractivity contribution in [2.45, 2.75) is 13.5 Å². The van der Waals surface area contributed by atoms with E-state index in [9.17, 15) is 0 Å². The van der Waals surface area contributed by atoms with E-state index < -0.39 is 0 Å². The normalized spacial score (nSPS) is 10.6. The Kier molecular flexibility index (Phi) is 3.12. The second kappa shape index (κ2) is 4.37. The first-order valence-electron chi connectivity index (χ1n) is 4.69. The Hall–Kier alpha value is -0.800. The van der Waals surface area contributed by atoms with Crippen molar-refractivity contribution in [3.8, 4) is 11.3 Å². The molecule has 78 valence electrons. The highest BCUT2D eigenvalue weighted by molar-refractivity contribution is 9.10. The molecular formula is C11H10BrClN2. The predicted octanol–water partition coefficient (Wildman–Crippen LogP) is 3.99. The van der Waals surface area contributed by atoms with E-state index in [1.807, 2.05) is 22.8 Å². The molecular weight excluding hydrogens is 275 g/mol. The highest BCUT2D eigenvalue weighted by Crippen LogP contribution is 2.25. The lowest BCUT2D eigenvalue weighted by molar-refractivity contribution is 0.770. The van der Waals surface area contributed by atoms with E-state index >= 15 is 0 Å². The first-order valence-corrected chi connectivity index (χ1v) is 5.86. The van der Waals surface area contributed by atoms with Gasteiger partial charge in [-0.15, -0.1) is 0 Å². The molecule has 2 aromatic rings. The fraction of sp³-hybridized carbons (Fsp3) is 0.182. The van der Waals surface area contributed by atoms with E-state index in [0.29, 0.717) is 5.28 Å². The molecule has 0 aliphatic carbocycles. The summed E-state index contributed by atoms with van der Waals surface area (Å²) >= 11 is 9.42. The summed E-state index contributed by atoms with van der Waals surface area (Å²) in [5, 5.41) is 0.535. The van der Waals surface area contributed by atoms with Crippen molar-refractivity contribution in [1.82, 2.24) is 9.55 Å². The molecule has 1 heterocycles. The van der Waals surface area contributed by atoms with Crippen LogP contribution in [0.5, 0.6) is 0 Å². The van der Waals surface area contributed by atoms with Crippen LogP contribution in [0.2, 0.25) is 5.28 Å². The standard InChI is InChI=1S/C11H10BrClN2/c1-2-15-10(7-14-11(15)13)8-4-3-5-9(12)6-8/h3-7H,2H2,1H3. The summed E-state index contributed by atoms with van der Waals surface area (Å²) in [5.74, 6) is 0. The Morgan fingerprint density at radius 3 is 2.93 bits per heavy atom. The summed E-state index contributed by atoms with van der Waals surface area (Å²) in [4.78, 5) is 4.11. The Labute approximate surface area is 102 Å². The van der Waals surface area contributed by atoms with Crippen molar-refractivity contribution in [2.24, 2.45) is 0 Å². The molecule has 0 fully saturated rings. The van der Waals surface area contributed by atoms with Gasteiger partial charge in [-0.2, -0.15) is 0 Å². The molecule has 0 N–H and O–H groups in total. The minimum absolute atomic E-state index is 0.535. The molecule has 2 nitrogen and oxygen atoms in total. The lowest BCUT2D eigenvalue weighted by atomic mass is 10.2. The molecule has 0 unspecified atom stereocenters. The summed E-state index contributed by atoms with van der Waals surface area (Å²) in [6.07, 6.45) is 1.80. The zero-order valence-corrected chi connectivity index (χ0v) is 10.6. The van der Waals surface area contributed by atoms with E-state index in [4.69, 9.17) is 11.6 Å². The van der Waals surface area contributed by atoms with E-state index in [1.54, 1.807) is 6.20 Å². The third kappa shape index (κ3) is 2.08. The van der Waals surface area contributed by atoms with E-state index in [0.717, 1.165) is 22.3 Å². The van der Waals surface area contributed by atoms with Crippen molar-refractivity contribution < 1.29 is 0 Å². The fourth-order valence-corrected chi connectivity index (χ4v) is 2.19. The number of aromatic nitrogens is 2. The van der Waals surface area contributed by atoms with Gasteiger partial charge in [-0.1, -0.05) is 28.1 Å². The van der Waals surface area contributed by atoms with Crippen LogP contribution in [0, 0.1) is 0 Å². The second-order valence-corrected chi connectivity index (χ2v) is 4.42. The summed E-state index contributed by atoms with van der Waals surface area (Å²) in [6, 6.07) is 8.10. The van der Waals surface area contributed by atoms with Crippen molar-refractivity contribution in [3.63, 3.8) is 0 Å². The van der Waals surface area contributed by atoms with Crippen LogP contribution in [0.25, 0.3) is 11.3 Å². The molecule has 0 amide bonds. The van der Waals surface area contributed by atoms with Gasteiger partial charge in [0.05, 0.1) is 11.9 Å². The molecule has 0 bridgehead atoms. The summed E-state index contributed by atoms with van der Waals surface area (Å²) in [5.41, 5.74) is 2.16. The number of hydrogen-bond donors (Lipinski definition) is 0. The molecule has 0 aliphatic heterocycles. The lowest BCUT2D eigenvalue weighted by Crippen LogP contribution is -1.96. The van der Waals surface area contributed by atoms with E-state index in [2.05, 4.69) is 33.9 Å². The number of benzene rings is 1. The smallest absolute Gasteiger partial charge is 0.203 e. The molecule has 0 aliphatic rings. The van der Waals surface area contributed by atoms with Crippen molar-refractivity contribution >= 4 is 27.5 Å². The van der Waals surface area contributed by atoms with Gasteiger partial charge in [0.25, 0.3) is 0 Å². The monoisotopic (exact) mass is 284 g/mol. The van der Waals surface area contributed by atoms with Crippen molar-refractivity contribution in [1.29, 1.82) is 0 Å². The van der Waals surface area contributed by atoms with Crippen LogP contribution < -0.4 is 0 Å². The second-order valence-electron chi connectivity index (χ2n) is 3.17. The Morgan fingerprint density at radius 2 is 2.27 bits per heavy atom. The average molecular weight is 286 g/mol. The maximum Gasteiger partial charge on any atom is 0.203 e. The Balaban J connectivity index is 2.54. The maximum atomic E-state index is 5.97. The zero-order chi connectivity index (χ0) is 10.8. The van der Waals surface area contributed by atoms with E-state index in [-0.39, 0.29) is 0 Å². The minimum Gasteiger partial charge on any atom is -0.315 e. The quantitative estimate of drug-likeness (QED) is 0.816. The van der Waals surface area contributed by atoms with Crippen LogP contribution in [0.4, 0.5) is 0 Å². The van der Waals surface area contributed by atoms with Gasteiger partial charge in [0, 0.05) is 16.6 Å². The predicted molar refractivity (Wildman–Crippen MR) is 66.0 cm³/mol. The molecule has 0 atom stereocenters. The topological polar surface area (TPSA) is 17.8 Å². The van der Waals surface area contributed by atoms with Gasteiger partial charge in [-0.05, 0) is 30.7 Å². The number of rotatable bonds is 2. The van der Waals surface area contributed by atoms with Crippen LogP contribution in [-0.4, -0.2) is 9.55 Å². The van der Waals surface area contributed by atoms with Gasteiger partial charge in [0.1, 0.15) is 0 Å². The van der Waals surface area contributed by atoms with Crippen LogP contribution in [0.3, 0.4) is 0 Å². The first-order chi connectivity index (χ1) is 7.22. The first kappa shape index (κ1) is 10.7. The SMILES string of the molecule is CCn1c(-c2cccc(Br)c2)cnc1Cl. The largest absolute Gasteiger partial charge is 0.315 e. The lowest BCUT2D eigenvalue weighted by Gasteiger charge is -2.06. The molecule has 0 saturated heterocycles. The van der Waals surface area contributed by atoms with Gasteiger partial charge in [-0.3, -0.25) is 0 Å². The van der Waals surface area contributed by atoms with Gasteiger partial charge in [0.2, 0.25) is 5.28 Å². The Morgan fingerprint density at radius 1 is 1.47 bits per heavy atom. The van der Waals surface area contributed by atoms with Gasteiger partial charge in [0.15, 0.2) is 0 Å². The van der Waals surface area contributed by atoms with Crippen LogP contribution in [0.15, 0.2) is 34.9 Å². The number of nitrogens with zero attached hydrogens (tertiary/aromatic N) is 2. The molecule has 15 heavy (non-hydrogen) atoms. The highest BCUT2D eigenvalue weighted by Gasteiger charge is 2.08. The molecule has 0 spiro atoms. The van der Waals surface area contributed by atoms with Gasteiger partial charge in [-0.25, -0.2) is 4.98 Å². The molecule has 1 aromatic heterocycles. The van der Waals surface area contributed by atoms with Crippen LogP contribution in [0.1, 0.15) is 6.92 Å². The van der Waals surface area contributed by atoms with Gasteiger partial charge >= 0.3 is 0 Å². The third-order valence-electron chi connectivity index (χ3n) is 2.24. The Bertz CT molecular complexity index is 479. The highest BCUT2D eigenvalue weighted by atomic mass is 79.9. The summed E-state index contributed by atoms with van der Waals surface area (Å²) in [7, 11) is 0. The fourth-order valence-electron chi connectivity index (χ4n) is 1.53. The van der Waals surface area contributed by atoms with Crippen molar-refractivity contribution in [2.75, 3.05) is 0 Å². The molecule has 0 radical (unpaired) electrons. The molecule has 2 rings (SSSR count). The third-order valence-corrected chi connectivity index (χ3v) is 3.04. The molecule has 1 aromatic carbocycles. The average Bonchev–Trinajstić information content (AvgIpc) is 2.59. The molecule has 0 saturated carbocycles. The minimum atomic E-state index is 0.535. The van der Waals surface area contributed by atoms with Gasteiger partial charge < -0.3 is 4.57 Å². The number of imidazole rings is 1. The van der Waals surface area contributed by atoms with Crippen LogP contribution >= 0.6 is 27.5 Å². The van der Waals surface area contributed by atoms with Crippen LogP contribution in [-0.2, 0) is 6.54 Å². The molecule has 4 heteroatoms. The number of halogens is 2. The summed E-state index contributed by atoms with van der Waals surface area (Å²) in [6.45, 7) is 2.87.